The number of nitrogens with zero attached hydrogens (tertiary/aromatic N) is 1. The SMILES string of the molecule is CC(C)CC1NC(=O)CN(CCS(C)(=O)=O)C1=O. The van der Waals surface area contributed by atoms with Gasteiger partial charge in [0.2, 0.25) is 11.8 Å². The Kier molecular flexibility index (Phi) is 4.72. The topological polar surface area (TPSA) is 83.6 Å². The van der Waals surface area contributed by atoms with Gasteiger partial charge in [0, 0.05) is 12.8 Å². The minimum atomic E-state index is -3.13. The Labute approximate surface area is 108 Å². The molecule has 0 bridgehead atoms. The van der Waals surface area contributed by atoms with E-state index < -0.39 is 15.9 Å². The molecule has 1 rings (SSSR count). The van der Waals surface area contributed by atoms with Crippen LogP contribution in [-0.2, 0) is 19.4 Å². The Hall–Kier alpha value is -1.11. The number of carbonyl (C=O) groups is 2. The molecule has 0 aromatic rings. The summed E-state index contributed by atoms with van der Waals surface area (Å²) in [4.78, 5) is 24.8. The van der Waals surface area contributed by atoms with Crippen LogP contribution in [0.5, 0.6) is 0 Å². The average Bonchev–Trinajstić information content (AvgIpc) is 2.18. The molecule has 1 heterocycles. The van der Waals surface area contributed by atoms with Crippen LogP contribution in [0.3, 0.4) is 0 Å². The number of rotatable bonds is 5. The Morgan fingerprint density at radius 1 is 1.39 bits per heavy atom. The van der Waals surface area contributed by atoms with Crippen molar-refractivity contribution < 1.29 is 18.0 Å². The summed E-state index contributed by atoms with van der Waals surface area (Å²) in [6.07, 6.45) is 1.69. The summed E-state index contributed by atoms with van der Waals surface area (Å²) < 4.78 is 22.2. The van der Waals surface area contributed by atoms with E-state index in [1.165, 1.54) is 4.90 Å². The van der Waals surface area contributed by atoms with Gasteiger partial charge in [0.05, 0.1) is 12.3 Å². The Balaban J connectivity index is 2.67. The monoisotopic (exact) mass is 276 g/mol. The van der Waals surface area contributed by atoms with Crippen molar-refractivity contribution in [2.24, 2.45) is 5.92 Å². The van der Waals surface area contributed by atoms with E-state index in [4.69, 9.17) is 0 Å². The van der Waals surface area contributed by atoms with Crippen LogP contribution in [0, 0.1) is 5.92 Å². The van der Waals surface area contributed by atoms with Gasteiger partial charge >= 0.3 is 0 Å². The summed E-state index contributed by atoms with van der Waals surface area (Å²) in [5.74, 6) is -0.241. The van der Waals surface area contributed by atoms with E-state index in [0.29, 0.717) is 6.42 Å². The third-order valence-electron chi connectivity index (χ3n) is 2.72. The molecule has 0 aliphatic carbocycles. The van der Waals surface area contributed by atoms with Crippen molar-refractivity contribution in [3.05, 3.63) is 0 Å². The van der Waals surface area contributed by atoms with Gasteiger partial charge < -0.3 is 10.2 Å². The standard InChI is InChI=1S/C11H20N2O4S/c1-8(2)6-9-11(15)13(7-10(14)12-9)4-5-18(3,16)17/h8-9H,4-7H2,1-3H3,(H,12,14). The summed E-state index contributed by atoms with van der Waals surface area (Å²) >= 11 is 0. The zero-order valence-electron chi connectivity index (χ0n) is 11.0. The number of piperazine rings is 1. The number of carbonyl (C=O) groups excluding carboxylic acids is 2. The number of amides is 2. The van der Waals surface area contributed by atoms with Crippen molar-refractivity contribution in [3.8, 4) is 0 Å². The van der Waals surface area contributed by atoms with Gasteiger partial charge in [-0.2, -0.15) is 0 Å². The van der Waals surface area contributed by atoms with Crippen LogP contribution in [0.25, 0.3) is 0 Å². The van der Waals surface area contributed by atoms with Gasteiger partial charge in [0.25, 0.3) is 0 Å². The summed E-state index contributed by atoms with van der Waals surface area (Å²) in [5, 5.41) is 2.65. The maximum Gasteiger partial charge on any atom is 0.245 e. The normalized spacial score (nSPS) is 21.3. The van der Waals surface area contributed by atoms with Crippen molar-refractivity contribution in [1.82, 2.24) is 10.2 Å². The Bertz CT molecular complexity index is 430. The van der Waals surface area contributed by atoms with Crippen molar-refractivity contribution in [2.45, 2.75) is 26.3 Å². The highest BCUT2D eigenvalue weighted by Crippen LogP contribution is 2.11. The first kappa shape index (κ1) is 14.9. The summed E-state index contributed by atoms with van der Waals surface area (Å²) in [6, 6.07) is -0.522. The van der Waals surface area contributed by atoms with Crippen LogP contribution in [0.15, 0.2) is 0 Å². The lowest BCUT2D eigenvalue weighted by Crippen LogP contribution is -2.58. The second-order valence-electron chi connectivity index (χ2n) is 5.14. The molecule has 1 N–H and O–H groups in total. The van der Waals surface area contributed by atoms with Crippen molar-refractivity contribution >= 4 is 21.7 Å². The molecule has 0 spiro atoms. The highest BCUT2D eigenvalue weighted by atomic mass is 32.2. The van der Waals surface area contributed by atoms with E-state index in [0.717, 1.165) is 6.26 Å². The van der Waals surface area contributed by atoms with Crippen molar-refractivity contribution in [3.63, 3.8) is 0 Å². The molecule has 0 aromatic heterocycles. The molecule has 104 valence electrons. The minimum absolute atomic E-state index is 0.0526. The molecule has 0 aromatic carbocycles. The highest BCUT2D eigenvalue weighted by molar-refractivity contribution is 7.90. The first-order valence-corrected chi connectivity index (χ1v) is 8.01. The third kappa shape index (κ3) is 4.64. The quantitative estimate of drug-likeness (QED) is 0.727. The van der Waals surface area contributed by atoms with Crippen molar-refractivity contribution in [2.75, 3.05) is 25.1 Å². The largest absolute Gasteiger partial charge is 0.343 e. The molecule has 1 aliphatic rings. The zero-order chi connectivity index (χ0) is 13.9. The number of hydrogen-bond acceptors (Lipinski definition) is 4. The molecule has 6 nitrogen and oxygen atoms in total. The molecule has 1 fully saturated rings. The van der Waals surface area contributed by atoms with Crippen LogP contribution < -0.4 is 5.32 Å². The van der Waals surface area contributed by atoms with Crippen LogP contribution >= 0.6 is 0 Å². The maximum absolute atomic E-state index is 12.0. The summed E-state index contributed by atoms with van der Waals surface area (Å²) in [6.45, 7) is 3.96. The van der Waals surface area contributed by atoms with Crippen molar-refractivity contribution in [1.29, 1.82) is 0 Å². The van der Waals surface area contributed by atoms with Gasteiger partial charge in [-0.3, -0.25) is 9.59 Å². The summed E-state index contributed by atoms with van der Waals surface area (Å²) in [5.41, 5.74) is 0. The molecule has 1 saturated heterocycles. The fourth-order valence-corrected chi connectivity index (χ4v) is 2.42. The number of hydrogen-bond donors (Lipinski definition) is 1. The van der Waals surface area contributed by atoms with E-state index in [-0.39, 0.29) is 36.6 Å². The lowest BCUT2D eigenvalue weighted by atomic mass is 10.0. The van der Waals surface area contributed by atoms with Gasteiger partial charge in [-0.25, -0.2) is 8.42 Å². The maximum atomic E-state index is 12.0. The van der Waals surface area contributed by atoms with E-state index in [1.807, 2.05) is 13.8 Å². The number of nitrogens with one attached hydrogen (secondary N) is 1. The number of sulfone groups is 1. The lowest BCUT2D eigenvalue weighted by Gasteiger charge is -2.33. The highest BCUT2D eigenvalue weighted by Gasteiger charge is 2.32. The average molecular weight is 276 g/mol. The van der Waals surface area contributed by atoms with Gasteiger partial charge in [0.15, 0.2) is 0 Å². The predicted molar refractivity (Wildman–Crippen MR) is 67.7 cm³/mol. The molecule has 1 aliphatic heterocycles. The van der Waals surface area contributed by atoms with E-state index in [1.54, 1.807) is 0 Å². The van der Waals surface area contributed by atoms with Gasteiger partial charge in [0.1, 0.15) is 15.9 Å². The van der Waals surface area contributed by atoms with E-state index in [9.17, 15) is 18.0 Å². The third-order valence-corrected chi connectivity index (χ3v) is 3.64. The van der Waals surface area contributed by atoms with E-state index in [2.05, 4.69) is 5.32 Å². The summed E-state index contributed by atoms with van der Waals surface area (Å²) in [7, 11) is -3.13. The fraction of sp³-hybridized carbons (Fsp3) is 0.818. The molecule has 1 atom stereocenters. The Morgan fingerprint density at radius 2 is 2.00 bits per heavy atom. The van der Waals surface area contributed by atoms with Gasteiger partial charge in [-0.05, 0) is 12.3 Å². The first-order valence-electron chi connectivity index (χ1n) is 5.95. The molecule has 7 heteroatoms. The van der Waals surface area contributed by atoms with Crippen LogP contribution in [-0.4, -0.2) is 56.3 Å². The second kappa shape index (κ2) is 5.69. The fourth-order valence-electron chi connectivity index (χ4n) is 1.87. The van der Waals surface area contributed by atoms with Gasteiger partial charge in [-0.15, -0.1) is 0 Å². The molecular weight excluding hydrogens is 256 g/mol. The predicted octanol–water partition coefficient (Wildman–Crippen LogP) is -0.596. The molecule has 0 radical (unpaired) electrons. The minimum Gasteiger partial charge on any atom is -0.343 e. The Morgan fingerprint density at radius 3 is 2.50 bits per heavy atom. The first-order chi connectivity index (χ1) is 8.19. The van der Waals surface area contributed by atoms with E-state index >= 15 is 0 Å². The van der Waals surface area contributed by atoms with Crippen LogP contribution in [0.4, 0.5) is 0 Å². The second-order valence-corrected chi connectivity index (χ2v) is 7.40. The smallest absolute Gasteiger partial charge is 0.245 e. The van der Waals surface area contributed by atoms with Crippen LogP contribution in [0.1, 0.15) is 20.3 Å². The molecule has 1 unspecified atom stereocenters. The lowest BCUT2D eigenvalue weighted by molar-refractivity contribution is -0.144. The zero-order valence-corrected chi connectivity index (χ0v) is 11.8. The van der Waals surface area contributed by atoms with Crippen LogP contribution in [0.2, 0.25) is 0 Å². The molecular formula is C11H20N2O4S. The molecule has 2 amide bonds. The molecule has 18 heavy (non-hydrogen) atoms. The van der Waals surface area contributed by atoms with Gasteiger partial charge in [-0.1, -0.05) is 13.8 Å². The molecule has 0 saturated carbocycles.